The molecule has 78 valence electrons. The van der Waals surface area contributed by atoms with Crippen LogP contribution in [0, 0.1) is 5.92 Å². The van der Waals surface area contributed by atoms with Crippen LogP contribution in [0.1, 0.15) is 40.5 Å². The summed E-state index contributed by atoms with van der Waals surface area (Å²) in [6.07, 6.45) is 1.11. The monoisotopic (exact) mass is 187 g/mol. The molecule has 0 heterocycles. The Bertz CT molecular complexity index is 168. The van der Waals surface area contributed by atoms with Crippen molar-refractivity contribution in [1.29, 1.82) is 0 Å². The molecule has 0 bridgehead atoms. The Morgan fingerprint density at radius 1 is 1.46 bits per heavy atom. The first-order valence-electron chi connectivity index (χ1n) is 4.90. The maximum absolute atomic E-state index is 11.2. The van der Waals surface area contributed by atoms with E-state index in [9.17, 15) is 4.79 Å². The average molecular weight is 187 g/mol. The van der Waals surface area contributed by atoms with Crippen molar-refractivity contribution in [3.63, 3.8) is 0 Å². The lowest BCUT2D eigenvalue weighted by Gasteiger charge is -2.31. The lowest BCUT2D eigenvalue weighted by molar-refractivity contribution is -0.145. The van der Waals surface area contributed by atoms with Crippen LogP contribution < -0.4 is 5.73 Å². The summed E-state index contributed by atoms with van der Waals surface area (Å²) in [6, 6.07) is 0. The maximum Gasteiger partial charge on any atom is 0.307 e. The van der Waals surface area contributed by atoms with Crippen molar-refractivity contribution in [2.45, 2.75) is 46.1 Å². The second-order valence-corrected chi connectivity index (χ2v) is 3.72. The zero-order chi connectivity index (χ0) is 10.5. The summed E-state index contributed by atoms with van der Waals surface area (Å²) in [5.41, 5.74) is 5.66. The third-order valence-electron chi connectivity index (χ3n) is 2.59. The van der Waals surface area contributed by atoms with Gasteiger partial charge in [0.2, 0.25) is 0 Å². The van der Waals surface area contributed by atoms with Gasteiger partial charge in [0.15, 0.2) is 0 Å². The summed E-state index contributed by atoms with van der Waals surface area (Å²) in [6.45, 7) is 8.29. The number of hydrogen-bond donors (Lipinski definition) is 1. The molecule has 3 heteroatoms. The quantitative estimate of drug-likeness (QED) is 0.666. The highest BCUT2D eigenvalue weighted by Crippen LogP contribution is 2.22. The Balaban J connectivity index is 4.19. The van der Waals surface area contributed by atoms with Crippen molar-refractivity contribution in [1.82, 2.24) is 0 Å². The van der Waals surface area contributed by atoms with E-state index in [2.05, 4.69) is 0 Å². The summed E-state index contributed by atoms with van der Waals surface area (Å²) in [4.78, 5) is 11.2. The molecule has 0 aliphatic heterocycles. The smallest absolute Gasteiger partial charge is 0.307 e. The Morgan fingerprint density at radius 3 is 2.31 bits per heavy atom. The molecule has 1 unspecified atom stereocenters. The van der Waals surface area contributed by atoms with E-state index in [1.165, 1.54) is 0 Å². The van der Waals surface area contributed by atoms with E-state index in [0.29, 0.717) is 18.9 Å². The molecule has 13 heavy (non-hydrogen) atoms. The number of ether oxygens (including phenoxy) is 1. The lowest BCUT2D eigenvalue weighted by atomic mass is 9.82. The molecular weight excluding hydrogens is 166 g/mol. The first-order chi connectivity index (χ1) is 5.96. The van der Waals surface area contributed by atoms with Crippen LogP contribution in [0.3, 0.4) is 0 Å². The van der Waals surface area contributed by atoms with Crippen LogP contribution in [-0.2, 0) is 9.53 Å². The standard InChI is InChI=1S/C10H21NO2/c1-5-10(11,8(3)4)7-9(12)13-6-2/h8H,5-7,11H2,1-4H3. The predicted octanol–water partition coefficient (Wildman–Crippen LogP) is 1.70. The van der Waals surface area contributed by atoms with Crippen LogP contribution in [0.5, 0.6) is 0 Å². The van der Waals surface area contributed by atoms with Crippen LogP contribution in [-0.4, -0.2) is 18.1 Å². The van der Waals surface area contributed by atoms with E-state index in [-0.39, 0.29) is 5.97 Å². The molecule has 0 aliphatic carbocycles. The zero-order valence-corrected chi connectivity index (χ0v) is 9.09. The van der Waals surface area contributed by atoms with Gasteiger partial charge in [0.25, 0.3) is 0 Å². The van der Waals surface area contributed by atoms with Crippen LogP contribution in [0.25, 0.3) is 0 Å². The van der Waals surface area contributed by atoms with E-state index in [4.69, 9.17) is 10.5 Å². The van der Waals surface area contributed by atoms with E-state index >= 15 is 0 Å². The van der Waals surface area contributed by atoms with Crippen molar-refractivity contribution in [2.24, 2.45) is 11.7 Å². The minimum Gasteiger partial charge on any atom is -0.466 e. The summed E-state index contributed by atoms with van der Waals surface area (Å²) < 4.78 is 4.87. The van der Waals surface area contributed by atoms with Crippen LogP contribution >= 0.6 is 0 Å². The van der Waals surface area contributed by atoms with Crippen molar-refractivity contribution >= 4 is 5.97 Å². The fourth-order valence-electron chi connectivity index (χ4n) is 1.22. The fraction of sp³-hybridized carbons (Fsp3) is 0.900. The topological polar surface area (TPSA) is 52.3 Å². The van der Waals surface area contributed by atoms with Crippen molar-refractivity contribution < 1.29 is 9.53 Å². The van der Waals surface area contributed by atoms with Gasteiger partial charge in [0.05, 0.1) is 13.0 Å². The summed E-state index contributed by atoms with van der Waals surface area (Å²) in [7, 11) is 0. The third-order valence-corrected chi connectivity index (χ3v) is 2.59. The van der Waals surface area contributed by atoms with E-state index in [1.54, 1.807) is 6.92 Å². The van der Waals surface area contributed by atoms with Gasteiger partial charge in [-0.05, 0) is 19.3 Å². The molecule has 2 N–H and O–H groups in total. The zero-order valence-electron chi connectivity index (χ0n) is 9.09. The highest BCUT2D eigenvalue weighted by molar-refractivity contribution is 5.70. The molecule has 0 radical (unpaired) electrons. The summed E-state index contributed by atoms with van der Waals surface area (Å²) >= 11 is 0. The van der Waals surface area contributed by atoms with Gasteiger partial charge in [-0.1, -0.05) is 20.8 Å². The van der Waals surface area contributed by atoms with Crippen molar-refractivity contribution in [3.8, 4) is 0 Å². The molecule has 0 saturated heterocycles. The second-order valence-electron chi connectivity index (χ2n) is 3.72. The maximum atomic E-state index is 11.2. The van der Waals surface area contributed by atoms with Crippen LogP contribution in [0.15, 0.2) is 0 Å². The molecule has 0 aliphatic rings. The normalized spacial score (nSPS) is 15.5. The van der Waals surface area contributed by atoms with Crippen molar-refractivity contribution in [2.75, 3.05) is 6.61 Å². The first kappa shape index (κ1) is 12.4. The van der Waals surface area contributed by atoms with E-state index in [1.807, 2.05) is 20.8 Å². The van der Waals surface area contributed by atoms with E-state index in [0.717, 1.165) is 6.42 Å². The molecular formula is C10H21NO2. The molecule has 0 fully saturated rings. The van der Waals surface area contributed by atoms with Gasteiger partial charge in [-0.2, -0.15) is 0 Å². The largest absolute Gasteiger partial charge is 0.466 e. The Morgan fingerprint density at radius 2 is 2.00 bits per heavy atom. The average Bonchev–Trinajstić information content (AvgIpc) is 2.04. The van der Waals surface area contributed by atoms with Crippen molar-refractivity contribution in [3.05, 3.63) is 0 Å². The number of esters is 1. The predicted molar refractivity (Wildman–Crippen MR) is 53.3 cm³/mol. The number of nitrogens with two attached hydrogens (primary N) is 1. The molecule has 0 aromatic carbocycles. The Kier molecular flexibility index (Phi) is 4.99. The highest BCUT2D eigenvalue weighted by atomic mass is 16.5. The van der Waals surface area contributed by atoms with Gasteiger partial charge < -0.3 is 10.5 Å². The number of carbonyl (C=O) groups is 1. The Hall–Kier alpha value is -0.570. The van der Waals surface area contributed by atoms with Gasteiger partial charge >= 0.3 is 5.97 Å². The van der Waals surface area contributed by atoms with Gasteiger partial charge in [-0.15, -0.1) is 0 Å². The van der Waals surface area contributed by atoms with E-state index < -0.39 is 5.54 Å². The van der Waals surface area contributed by atoms with Gasteiger partial charge in [-0.25, -0.2) is 0 Å². The summed E-state index contributed by atoms with van der Waals surface area (Å²) in [5, 5.41) is 0. The van der Waals surface area contributed by atoms with Crippen LogP contribution in [0.2, 0.25) is 0 Å². The van der Waals surface area contributed by atoms with Gasteiger partial charge in [0.1, 0.15) is 0 Å². The SMILES string of the molecule is CCOC(=O)CC(N)(CC)C(C)C. The molecule has 0 aromatic rings. The molecule has 0 amide bonds. The van der Waals surface area contributed by atoms with Gasteiger partial charge in [-0.3, -0.25) is 4.79 Å². The molecule has 1 atom stereocenters. The molecule has 0 spiro atoms. The third kappa shape index (κ3) is 3.77. The van der Waals surface area contributed by atoms with Gasteiger partial charge in [0, 0.05) is 5.54 Å². The lowest BCUT2D eigenvalue weighted by Crippen LogP contribution is -2.46. The molecule has 0 aromatic heterocycles. The second kappa shape index (κ2) is 5.22. The molecule has 0 rings (SSSR count). The highest BCUT2D eigenvalue weighted by Gasteiger charge is 2.30. The minimum atomic E-state index is -0.410. The molecule has 3 nitrogen and oxygen atoms in total. The van der Waals surface area contributed by atoms with Crippen LogP contribution in [0.4, 0.5) is 0 Å². The number of hydrogen-bond acceptors (Lipinski definition) is 3. The minimum absolute atomic E-state index is 0.194. The number of rotatable bonds is 5. The fourth-order valence-corrected chi connectivity index (χ4v) is 1.22. The first-order valence-corrected chi connectivity index (χ1v) is 4.90. The number of carbonyl (C=O) groups excluding carboxylic acids is 1. The molecule has 0 saturated carbocycles. The summed E-state index contributed by atoms with van der Waals surface area (Å²) in [5.74, 6) is 0.0995. The Labute approximate surface area is 80.6 Å².